The van der Waals surface area contributed by atoms with Gasteiger partial charge in [0, 0.05) is 32.0 Å². The van der Waals surface area contributed by atoms with E-state index in [1.807, 2.05) is 38.1 Å². The molecule has 2 aromatic heterocycles. The van der Waals surface area contributed by atoms with Crippen molar-refractivity contribution in [3.8, 4) is 0 Å². The van der Waals surface area contributed by atoms with Gasteiger partial charge in [0.15, 0.2) is 5.82 Å². The highest BCUT2D eigenvalue weighted by atomic mass is 32.2. The first-order chi connectivity index (χ1) is 13.1. The quantitative estimate of drug-likeness (QED) is 0.592. The lowest BCUT2D eigenvalue weighted by Crippen LogP contribution is -2.36. The van der Waals surface area contributed by atoms with Gasteiger partial charge in [0.05, 0.1) is 23.9 Å². The third kappa shape index (κ3) is 4.43. The summed E-state index contributed by atoms with van der Waals surface area (Å²) in [7, 11) is -1.62. The zero-order valence-corrected chi connectivity index (χ0v) is 17.5. The lowest BCUT2D eigenvalue weighted by atomic mass is 9.93. The number of pyridine rings is 1. The SMILES string of the molecule is COCCc1nc2c(N)nc3ccccc3c2n1CC(C)(C)CNS(C)(=O)=O. The van der Waals surface area contributed by atoms with Crippen LogP contribution in [0.3, 0.4) is 0 Å². The Balaban J connectivity index is 2.15. The predicted molar refractivity (Wildman–Crippen MR) is 112 cm³/mol. The first kappa shape index (κ1) is 20.5. The topological polar surface area (TPSA) is 112 Å². The molecule has 3 rings (SSSR count). The minimum atomic E-state index is -3.27. The summed E-state index contributed by atoms with van der Waals surface area (Å²) in [4.78, 5) is 9.23. The zero-order chi connectivity index (χ0) is 20.5. The van der Waals surface area contributed by atoms with E-state index in [2.05, 4.69) is 14.3 Å². The number of anilines is 1. The van der Waals surface area contributed by atoms with E-state index in [0.717, 1.165) is 22.2 Å². The van der Waals surface area contributed by atoms with E-state index in [4.69, 9.17) is 15.5 Å². The summed E-state index contributed by atoms with van der Waals surface area (Å²) in [6, 6.07) is 7.81. The van der Waals surface area contributed by atoms with E-state index >= 15 is 0 Å². The number of rotatable bonds is 8. The maximum absolute atomic E-state index is 11.5. The molecule has 152 valence electrons. The number of hydrogen-bond donors (Lipinski definition) is 2. The molecule has 2 heterocycles. The number of sulfonamides is 1. The molecule has 0 amide bonds. The Hall–Kier alpha value is -2.23. The number of fused-ring (bicyclic) bond motifs is 3. The van der Waals surface area contributed by atoms with E-state index in [9.17, 15) is 8.42 Å². The second-order valence-corrected chi connectivity index (χ2v) is 9.66. The number of nitrogens with two attached hydrogens (primary N) is 1. The van der Waals surface area contributed by atoms with Gasteiger partial charge in [-0.15, -0.1) is 0 Å². The molecule has 0 unspecified atom stereocenters. The number of ether oxygens (including phenoxy) is 1. The van der Waals surface area contributed by atoms with Crippen LogP contribution in [0, 0.1) is 5.41 Å². The molecule has 28 heavy (non-hydrogen) atoms. The summed E-state index contributed by atoms with van der Waals surface area (Å²) in [5.74, 6) is 1.23. The molecule has 0 bridgehead atoms. The second-order valence-electron chi connectivity index (χ2n) is 7.83. The van der Waals surface area contributed by atoms with Crippen LogP contribution < -0.4 is 10.5 Å². The van der Waals surface area contributed by atoms with Crippen molar-refractivity contribution in [1.82, 2.24) is 19.3 Å². The average Bonchev–Trinajstić information content (AvgIpc) is 2.97. The number of aromatic nitrogens is 3. The Morgan fingerprint density at radius 2 is 1.96 bits per heavy atom. The molecule has 0 aliphatic rings. The summed E-state index contributed by atoms with van der Waals surface area (Å²) in [6.07, 6.45) is 1.79. The largest absolute Gasteiger partial charge is 0.384 e. The third-order valence-electron chi connectivity index (χ3n) is 4.62. The van der Waals surface area contributed by atoms with Gasteiger partial charge >= 0.3 is 0 Å². The molecular formula is C19H27N5O3S. The predicted octanol–water partition coefficient (Wildman–Crippen LogP) is 1.93. The van der Waals surface area contributed by atoms with Gasteiger partial charge in [-0.2, -0.15) is 0 Å². The molecule has 1 aromatic carbocycles. The maximum Gasteiger partial charge on any atom is 0.208 e. The molecule has 0 saturated carbocycles. The highest BCUT2D eigenvalue weighted by Crippen LogP contribution is 2.31. The number of nitrogen functional groups attached to an aromatic ring is 1. The van der Waals surface area contributed by atoms with Gasteiger partial charge in [-0.3, -0.25) is 0 Å². The van der Waals surface area contributed by atoms with E-state index in [-0.39, 0.29) is 5.41 Å². The van der Waals surface area contributed by atoms with Crippen molar-refractivity contribution >= 4 is 37.8 Å². The fraction of sp³-hybridized carbons (Fsp3) is 0.474. The first-order valence-corrected chi connectivity index (χ1v) is 11.0. The van der Waals surface area contributed by atoms with Crippen LogP contribution in [0.15, 0.2) is 24.3 Å². The van der Waals surface area contributed by atoms with E-state index in [0.29, 0.717) is 37.5 Å². The Labute approximate surface area is 165 Å². The van der Waals surface area contributed by atoms with Crippen molar-refractivity contribution in [3.63, 3.8) is 0 Å². The van der Waals surface area contributed by atoms with Crippen LogP contribution >= 0.6 is 0 Å². The number of benzene rings is 1. The highest BCUT2D eigenvalue weighted by molar-refractivity contribution is 7.88. The second kappa shape index (κ2) is 7.65. The standard InChI is InChI=1S/C19H27N5O3S/c1-19(2,11-21-28(4,25)26)12-24-15(9-10-27-3)23-16-17(24)13-7-5-6-8-14(13)22-18(16)20/h5-8,21H,9-12H2,1-4H3,(H2,20,22). The van der Waals surface area contributed by atoms with Gasteiger partial charge < -0.3 is 15.0 Å². The van der Waals surface area contributed by atoms with Crippen LogP contribution in [0.25, 0.3) is 21.9 Å². The lowest BCUT2D eigenvalue weighted by Gasteiger charge is -2.26. The number of methoxy groups -OCH3 is 1. The Kier molecular flexibility index (Phi) is 5.60. The molecule has 0 fully saturated rings. The minimum Gasteiger partial charge on any atom is -0.384 e. The van der Waals surface area contributed by atoms with Crippen molar-refractivity contribution < 1.29 is 13.2 Å². The normalized spacial score (nSPS) is 12.9. The molecule has 0 aliphatic carbocycles. The number of para-hydroxylation sites is 1. The Morgan fingerprint density at radius 3 is 2.64 bits per heavy atom. The summed E-state index contributed by atoms with van der Waals surface area (Å²) in [6.45, 7) is 5.44. The number of nitrogens with one attached hydrogen (secondary N) is 1. The molecule has 0 radical (unpaired) electrons. The van der Waals surface area contributed by atoms with Crippen molar-refractivity contribution in [2.45, 2.75) is 26.8 Å². The van der Waals surface area contributed by atoms with Gasteiger partial charge in [-0.1, -0.05) is 32.0 Å². The third-order valence-corrected chi connectivity index (χ3v) is 5.29. The Bertz CT molecular complexity index is 1110. The molecule has 8 nitrogen and oxygen atoms in total. The molecule has 0 spiro atoms. The van der Waals surface area contributed by atoms with Crippen LogP contribution in [0.2, 0.25) is 0 Å². The van der Waals surface area contributed by atoms with Gasteiger partial charge in [0.1, 0.15) is 11.3 Å². The fourth-order valence-electron chi connectivity index (χ4n) is 3.27. The van der Waals surface area contributed by atoms with Crippen LogP contribution in [-0.4, -0.2) is 49.5 Å². The molecule has 0 saturated heterocycles. The summed E-state index contributed by atoms with van der Waals surface area (Å²) in [5.41, 5.74) is 8.24. The van der Waals surface area contributed by atoms with Crippen molar-refractivity contribution in [1.29, 1.82) is 0 Å². The van der Waals surface area contributed by atoms with Crippen molar-refractivity contribution in [2.24, 2.45) is 5.41 Å². The molecule has 9 heteroatoms. The van der Waals surface area contributed by atoms with Gasteiger partial charge in [-0.05, 0) is 11.5 Å². The van der Waals surface area contributed by atoms with Crippen LogP contribution in [0.5, 0.6) is 0 Å². The lowest BCUT2D eigenvalue weighted by molar-refractivity contribution is 0.198. The molecule has 3 aromatic rings. The highest BCUT2D eigenvalue weighted by Gasteiger charge is 2.25. The smallest absolute Gasteiger partial charge is 0.208 e. The summed E-state index contributed by atoms with van der Waals surface area (Å²) in [5, 5.41) is 0.967. The van der Waals surface area contributed by atoms with E-state index in [1.165, 1.54) is 6.26 Å². The zero-order valence-electron chi connectivity index (χ0n) is 16.7. The van der Waals surface area contributed by atoms with Crippen LogP contribution in [0.1, 0.15) is 19.7 Å². The van der Waals surface area contributed by atoms with Crippen LogP contribution in [-0.2, 0) is 27.7 Å². The van der Waals surface area contributed by atoms with E-state index < -0.39 is 10.0 Å². The van der Waals surface area contributed by atoms with Crippen LogP contribution in [0.4, 0.5) is 5.82 Å². The number of imidazole rings is 1. The molecule has 3 N–H and O–H groups in total. The van der Waals surface area contributed by atoms with Crippen molar-refractivity contribution in [2.75, 3.05) is 32.3 Å². The van der Waals surface area contributed by atoms with E-state index in [1.54, 1.807) is 7.11 Å². The first-order valence-electron chi connectivity index (χ1n) is 9.08. The molecule has 0 aliphatic heterocycles. The number of hydrogen-bond acceptors (Lipinski definition) is 6. The Morgan fingerprint density at radius 1 is 1.25 bits per heavy atom. The number of nitrogens with zero attached hydrogens (tertiary/aromatic N) is 3. The molecular weight excluding hydrogens is 378 g/mol. The fourth-order valence-corrected chi connectivity index (χ4v) is 3.92. The average molecular weight is 406 g/mol. The van der Waals surface area contributed by atoms with Gasteiger partial charge in [-0.25, -0.2) is 23.1 Å². The maximum atomic E-state index is 11.5. The summed E-state index contributed by atoms with van der Waals surface area (Å²) >= 11 is 0. The summed E-state index contributed by atoms with van der Waals surface area (Å²) < 4.78 is 33.1. The molecule has 0 atom stereocenters. The van der Waals surface area contributed by atoms with Gasteiger partial charge in [0.2, 0.25) is 10.0 Å². The van der Waals surface area contributed by atoms with Crippen molar-refractivity contribution in [3.05, 3.63) is 30.1 Å². The monoisotopic (exact) mass is 405 g/mol. The minimum absolute atomic E-state index is 0.313. The van der Waals surface area contributed by atoms with Gasteiger partial charge in [0.25, 0.3) is 0 Å².